The molecule has 7 nitrogen and oxygen atoms in total. The SMILES string of the molecule is CNCc1nnc(NC(C(N)=O)C(C)C)o1. The van der Waals surface area contributed by atoms with Crippen LogP contribution in [0.3, 0.4) is 0 Å². The number of carbonyl (C=O) groups is 1. The molecule has 0 aliphatic carbocycles. The predicted molar refractivity (Wildman–Crippen MR) is 58.5 cm³/mol. The highest BCUT2D eigenvalue weighted by atomic mass is 16.4. The van der Waals surface area contributed by atoms with Gasteiger partial charge in [-0.05, 0) is 13.0 Å². The standard InChI is InChI=1S/C9H17N5O2/c1-5(2)7(8(10)15)12-9-14-13-6(16-9)4-11-3/h5,7,11H,4H2,1-3H3,(H2,10,15)(H,12,14). The van der Waals surface area contributed by atoms with Crippen LogP contribution in [0.4, 0.5) is 6.01 Å². The van der Waals surface area contributed by atoms with Crippen molar-refractivity contribution in [2.24, 2.45) is 11.7 Å². The van der Waals surface area contributed by atoms with Crippen LogP contribution >= 0.6 is 0 Å². The third-order valence-electron chi connectivity index (χ3n) is 2.05. The van der Waals surface area contributed by atoms with Gasteiger partial charge >= 0.3 is 6.01 Å². The number of nitrogens with zero attached hydrogens (tertiary/aromatic N) is 2. The number of anilines is 1. The lowest BCUT2D eigenvalue weighted by molar-refractivity contribution is -0.119. The Bertz CT molecular complexity index is 349. The first kappa shape index (κ1) is 12.4. The summed E-state index contributed by atoms with van der Waals surface area (Å²) in [6, 6.07) is -0.300. The minimum Gasteiger partial charge on any atom is -0.407 e. The topological polar surface area (TPSA) is 106 Å². The van der Waals surface area contributed by atoms with Gasteiger partial charge in [0.25, 0.3) is 0 Å². The summed E-state index contributed by atoms with van der Waals surface area (Å²) in [7, 11) is 1.78. The number of amides is 1. The van der Waals surface area contributed by atoms with Crippen molar-refractivity contribution in [3.05, 3.63) is 5.89 Å². The fourth-order valence-corrected chi connectivity index (χ4v) is 1.23. The molecule has 0 aliphatic heterocycles. The molecule has 1 heterocycles. The van der Waals surface area contributed by atoms with Gasteiger partial charge in [0.1, 0.15) is 6.04 Å². The average molecular weight is 227 g/mol. The Balaban J connectivity index is 2.66. The van der Waals surface area contributed by atoms with E-state index in [0.29, 0.717) is 12.4 Å². The zero-order valence-corrected chi connectivity index (χ0v) is 9.65. The van der Waals surface area contributed by atoms with Crippen LogP contribution in [0.5, 0.6) is 0 Å². The number of primary amides is 1. The second-order valence-electron chi connectivity index (χ2n) is 3.80. The Kier molecular flexibility index (Phi) is 4.24. The molecule has 7 heteroatoms. The van der Waals surface area contributed by atoms with Gasteiger partial charge in [0, 0.05) is 0 Å². The fraction of sp³-hybridized carbons (Fsp3) is 0.667. The monoisotopic (exact) mass is 227 g/mol. The van der Waals surface area contributed by atoms with Crippen LogP contribution in [0.1, 0.15) is 19.7 Å². The van der Waals surface area contributed by atoms with Crippen LogP contribution in [-0.4, -0.2) is 29.2 Å². The molecule has 0 saturated heterocycles. The molecule has 0 aromatic carbocycles. The van der Waals surface area contributed by atoms with Gasteiger partial charge < -0.3 is 20.8 Å². The van der Waals surface area contributed by atoms with Crippen LogP contribution < -0.4 is 16.4 Å². The Morgan fingerprint density at radius 3 is 2.69 bits per heavy atom. The summed E-state index contributed by atoms with van der Waals surface area (Å²) in [6.45, 7) is 4.25. The maximum atomic E-state index is 11.1. The lowest BCUT2D eigenvalue weighted by Crippen LogP contribution is -2.39. The maximum Gasteiger partial charge on any atom is 0.316 e. The van der Waals surface area contributed by atoms with Crippen LogP contribution in [0.25, 0.3) is 0 Å². The Hall–Kier alpha value is -1.63. The number of nitrogens with two attached hydrogens (primary N) is 1. The van der Waals surface area contributed by atoms with Crippen molar-refractivity contribution in [1.29, 1.82) is 0 Å². The minimum atomic E-state index is -0.511. The molecule has 1 amide bonds. The van der Waals surface area contributed by atoms with Crippen molar-refractivity contribution >= 4 is 11.9 Å². The number of aromatic nitrogens is 2. The fourth-order valence-electron chi connectivity index (χ4n) is 1.23. The summed E-state index contributed by atoms with van der Waals surface area (Å²) in [4.78, 5) is 11.1. The molecule has 0 aliphatic rings. The average Bonchev–Trinajstić information content (AvgIpc) is 2.61. The zero-order valence-electron chi connectivity index (χ0n) is 9.65. The lowest BCUT2D eigenvalue weighted by Gasteiger charge is -2.16. The normalized spacial score (nSPS) is 12.8. The van der Waals surface area contributed by atoms with Crippen molar-refractivity contribution < 1.29 is 9.21 Å². The molecular formula is C9H17N5O2. The summed E-state index contributed by atoms with van der Waals surface area (Å²) in [5, 5.41) is 13.2. The largest absolute Gasteiger partial charge is 0.407 e. The highest BCUT2D eigenvalue weighted by Crippen LogP contribution is 2.11. The van der Waals surface area contributed by atoms with E-state index in [2.05, 4.69) is 20.8 Å². The van der Waals surface area contributed by atoms with Crippen LogP contribution in [0, 0.1) is 5.92 Å². The van der Waals surface area contributed by atoms with Gasteiger partial charge in [-0.3, -0.25) is 4.79 Å². The van der Waals surface area contributed by atoms with E-state index in [1.807, 2.05) is 13.8 Å². The van der Waals surface area contributed by atoms with Crippen LogP contribution in [0.2, 0.25) is 0 Å². The summed E-state index contributed by atoms with van der Waals surface area (Å²) in [5.41, 5.74) is 5.25. The molecule has 0 bridgehead atoms. The van der Waals surface area contributed by atoms with Crippen molar-refractivity contribution in [3.8, 4) is 0 Å². The van der Waals surface area contributed by atoms with Gasteiger partial charge in [-0.15, -0.1) is 5.10 Å². The van der Waals surface area contributed by atoms with Gasteiger partial charge in [0.2, 0.25) is 11.8 Å². The second kappa shape index (κ2) is 5.45. The number of hydrogen-bond donors (Lipinski definition) is 3. The molecule has 1 aromatic heterocycles. The highest BCUT2D eigenvalue weighted by Gasteiger charge is 2.21. The maximum absolute atomic E-state index is 11.1. The summed E-state index contributed by atoms with van der Waals surface area (Å²) >= 11 is 0. The van der Waals surface area contributed by atoms with Gasteiger partial charge in [0.15, 0.2) is 0 Å². The molecule has 1 atom stereocenters. The number of rotatable bonds is 6. The minimum absolute atomic E-state index is 0.0529. The van der Waals surface area contributed by atoms with Gasteiger partial charge in [-0.25, -0.2) is 0 Å². The lowest BCUT2D eigenvalue weighted by atomic mass is 10.0. The molecule has 1 aromatic rings. The smallest absolute Gasteiger partial charge is 0.316 e. The first-order chi connectivity index (χ1) is 7.54. The highest BCUT2D eigenvalue weighted by molar-refractivity contribution is 5.82. The van der Waals surface area contributed by atoms with Gasteiger partial charge in [-0.1, -0.05) is 18.9 Å². The van der Waals surface area contributed by atoms with Crippen LogP contribution in [0.15, 0.2) is 4.42 Å². The van der Waals surface area contributed by atoms with E-state index in [1.165, 1.54) is 0 Å². The Morgan fingerprint density at radius 1 is 1.50 bits per heavy atom. The molecule has 1 rings (SSSR count). The summed E-state index contributed by atoms with van der Waals surface area (Å²) in [6.07, 6.45) is 0. The second-order valence-corrected chi connectivity index (χ2v) is 3.80. The summed E-state index contributed by atoms with van der Waals surface area (Å²) in [5.74, 6) is 0.0671. The number of nitrogens with one attached hydrogen (secondary N) is 2. The van der Waals surface area contributed by atoms with E-state index >= 15 is 0 Å². The first-order valence-electron chi connectivity index (χ1n) is 5.07. The predicted octanol–water partition coefficient (Wildman–Crippen LogP) is -0.289. The molecule has 1 unspecified atom stereocenters. The van der Waals surface area contributed by atoms with Gasteiger partial charge in [0.05, 0.1) is 6.54 Å². The van der Waals surface area contributed by atoms with Gasteiger partial charge in [-0.2, -0.15) is 0 Å². The molecule has 0 radical (unpaired) electrons. The zero-order chi connectivity index (χ0) is 12.1. The molecular weight excluding hydrogens is 210 g/mol. The van der Waals surface area contributed by atoms with E-state index in [0.717, 1.165) is 0 Å². The third kappa shape index (κ3) is 3.20. The van der Waals surface area contributed by atoms with Crippen molar-refractivity contribution in [1.82, 2.24) is 15.5 Å². The van der Waals surface area contributed by atoms with Crippen molar-refractivity contribution in [2.75, 3.05) is 12.4 Å². The molecule has 0 saturated carbocycles. The quantitative estimate of drug-likeness (QED) is 0.616. The molecule has 0 fully saturated rings. The summed E-state index contributed by atoms with van der Waals surface area (Å²) < 4.78 is 5.25. The third-order valence-corrected chi connectivity index (χ3v) is 2.05. The van der Waals surface area contributed by atoms with E-state index < -0.39 is 11.9 Å². The number of carbonyl (C=O) groups excluding carboxylic acids is 1. The number of hydrogen-bond acceptors (Lipinski definition) is 6. The van der Waals surface area contributed by atoms with Crippen molar-refractivity contribution in [2.45, 2.75) is 26.4 Å². The van der Waals surface area contributed by atoms with Crippen LogP contribution in [-0.2, 0) is 11.3 Å². The molecule has 16 heavy (non-hydrogen) atoms. The van der Waals surface area contributed by atoms with Crippen molar-refractivity contribution in [3.63, 3.8) is 0 Å². The molecule has 90 valence electrons. The first-order valence-corrected chi connectivity index (χ1v) is 5.07. The molecule has 0 spiro atoms. The van der Waals surface area contributed by atoms with E-state index in [4.69, 9.17) is 10.2 Å². The molecule has 4 N–H and O–H groups in total. The van der Waals surface area contributed by atoms with E-state index in [1.54, 1.807) is 7.05 Å². The van der Waals surface area contributed by atoms with E-state index in [-0.39, 0.29) is 11.9 Å². The Morgan fingerprint density at radius 2 is 2.19 bits per heavy atom. The Labute approximate surface area is 93.8 Å². The van der Waals surface area contributed by atoms with E-state index in [9.17, 15) is 4.79 Å².